The van der Waals surface area contributed by atoms with Gasteiger partial charge in [0, 0.05) is 18.0 Å². The van der Waals surface area contributed by atoms with Gasteiger partial charge in [-0.1, -0.05) is 0 Å². The van der Waals surface area contributed by atoms with Gasteiger partial charge in [0.1, 0.15) is 0 Å². The molecule has 0 aliphatic carbocycles. The van der Waals surface area contributed by atoms with Crippen molar-refractivity contribution in [3.63, 3.8) is 0 Å². The highest BCUT2D eigenvalue weighted by Gasteiger charge is 2.12. The number of carbonyl (C=O) groups excluding carboxylic acids is 1. The van der Waals surface area contributed by atoms with Gasteiger partial charge in [-0.05, 0) is 47.1 Å². The number of aromatic nitrogens is 2. The first kappa shape index (κ1) is 13.2. The van der Waals surface area contributed by atoms with Gasteiger partial charge in [0.2, 0.25) is 0 Å². The van der Waals surface area contributed by atoms with Crippen LogP contribution >= 0.6 is 27.3 Å². The predicted octanol–water partition coefficient (Wildman–Crippen LogP) is 4.01. The lowest BCUT2D eigenvalue weighted by Gasteiger charge is -2.07. The van der Waals surface area contributed by atoms with Crippen molar-refractivity contribution < 1.29 is 4.79 Å². The molecule has 6 heteroatoms. The molecule has 3 rings (SSSR count). The zero-order chi connectivity index (χ0) is 14.1. The molecule has 0 aliphatic heterocycles. The van der Waals surface area contributed by atoms with E-state index < -0.39 is 0 Å². The molecule has 20 heavy (non-hydrogen) atoms. The lowest BCUT2D eigenvalue weighted by molar-refractivity contribution is 0.102. The first-order valence-corrected chi connectivity index (χ1v) is 7.53. The molecule has 0 saturated heterocycles. The SMILES string of the molecule is Cc1nc2ccc(NC(=O)c3ccncc3)c(Br)c2s1. The Kier molecular flexibility index (Phi) is 3.50. The van der Waals surface area contributed by atoms with Crippen molar-refractivity contribution in [2.24, 2.45) is 0 Å². The van der Waals surface area contributed by atoms with Gasteiger partial charge in [0.15, 0.2) is 0 Å². The molecule has 1 N–H and O–H groups in total. The Morgan fingerprint density at radius 3 is 2.75 bits per heavy atom. The summed E-state index contributed by atoms with van der Waals surface area (Å²) in [6.45, 7) is 1.96. The van der Waals surface area contributed by atoms with Gasteiger partial charge in [-0.3, -0.25) is 9.78 Å². The van der Waals surface area contributed by atoms with E-state index in [1.54, 1.807) is 35.9 Å². The number of pyridine rings is 1. The second kappa shape index (κ2) is 5.30. The van der Waals surface area contributed by atoms with Crippen LogP contribution in [0.25, 0.3) is 10.2 Å². The zero-order valence-electron chi connectivity index (χ0n) is 10.6. The number of halogens is 1. The topological polar surface area (TPSA) is 54.9 Å². The molecule has 0 fully saturated rings. The van der Waals surface area contributed by atoms with Crippen LogP contribution in [-0.2, 0) is 0 Å². The number of anilines is 1. The number of fused-ring (bicyclic) bond motifs is 1. The monoisotopic (exact) mass is 347 g/mol. The maximum atomic E-state index is 12.1. The third-order valence-corrected chi connectivity index (χ3v) is 4.88. The minimum absolute atomic E-state index is 0.159. The van der Waals surface area contributed by atoms with Gasteiger partial charge in [-0.2, -0.15) is 0 Å². The van der Waals surface area contributed by atoms with Crippen LogP contribution in [0.1, 0.15) is 15.4 Å². The molecule has 0 aliphatic rings. The van der Waals surface area contributed by atoms with E-state index in [4.69, 9.17) is 0 Å². The van der Waals surface area contributed by atoms with Gasteiger partial charge in [0.05, 0.1) is 25.4 Å². The molecule has 2 aromatic heterocycles. The van der Waals surface area contributed by atoms with Crippen LogP contribution in [0.2, 0.25) is 0 Å². The lowest BCUT2D eigenvalue weighted by atomic mass is 10.2. The number of carbonyl (C=O) groups is 1. The van der Waals surface area contributed by atoms with Crippen molar-refractivity contribution in [1.29, 1.82) is 0 Å². The van der Waals surface area contributed by atoms with Crippen LogP contribution < -0.4 is 5.32 Å². The molecular weight excluding hydrogens is 338 g/mol. The fraction of sp³-hybridized carbons (Fsp3) is 0.0714. The van der Waals surface area contributed by atoms with E-state index >= 15 is 0 Å². The standard InChI is InChI=1S/C14H10BrN3OS/c1-8-17-11-3-2-10(12(15)13(11)20-8)18-14(19)9-4-6-16-7-5-9/h2-7H,1H3,(H,18,19). The summed E-state index contributed by atoms with van der Waals surface area (Å²) in [7, 11) is 0. The van der Waals surface area contributed by atoms with Crippen molar-refractivity contribution in [1.82, 2.24) is 9.97 Å². The highest BCUT2D eigenvalue weighted by molar-refractivity contribution is 9.10. The summed E-state index contributed by atoms with van der Waals surface area (Å²) in [6.07, 6.45) is 3.19. The number of benzene rings is 1. The molecule has 0 radical (unpaired) electrons. The van der Waals surface area contributed by atoms with Gasteiger partial charge < -0.3 is 5.32 Å². The number of aryl methyl sites for hydroxylation is 1. The zero-order valence-corrected chi connectivity index (χ0v) is 13.0. The van der Waals surface area contributed by atoms with E-state index in [9.17, 15) is 4.79 Å². The van der Waals surface area contributed by atoms with Gasteiger partial charge >= 0.3 is 0 Å². The number of hydrogen-bond acceptors (Lipinski definition) is 4. The molecule has 0 spiro atoms. The summed E-state index contributed by atoms with van der Waals surface area (Å²) in [5.74, 6) is -0.159. The first-order valence-electron chi connectivity index (χ1n) is 5.92. The first-order chi connectivity index (χ1) is 9.65. The Morgan fingerprint density at radius 2 is 2.00 bits per heavy atom. The van der Waals surface area contributed by atoms with Crippen LogP contribution in [0.3, 0.4) is 0 Å². The normalized spacial score (nSPS) is 10.7. The molecule has 1 aromatic carbocycles. The van der Waals surface area contributed by atoms with Crippen LogP contribution in [0.4, 0.5) is 5.69 Å². The van der Waals surface area contributed by atoms with Crippen molar-refractivity contribution in [2.75, 3.05) is 5.32 Å². The van der Waals surface area contributed by atoms with Gasteiger partial charge in [-0.25, -0.2) is 4.98 Å². The minimum atomic E-state index is -0.159. The van der Waals surface area contributed by atoms with Crippen LogP contribution in [-0.4, -0.2) is 15.9 Å². The number of thiazole rings is 1. The summed E-state index contributed by atoms with van der Waals surface area (Å²) in [6, 6.07) is 7.12. The summed E-state index contributed by atoms with van der Waals surface area (Å²) in [5.41, 5.74) is 2.25. The quantitative estimate of drug-likeness (QED) is 0.761. The molecule has 2 heterocycles. The van der Waals surface area contributed by atoms with Crippen molar-refractivity contribution >= 4 is 49.1 Å². The van der Waals surface area contributed by atoms with E-state index in [0.29, 0.717) is 5.56 Å². The van der Waals surface area contributed by atoms with E-state index in [2.05, 4.69) is 31.2 Å². The van der Waals surface area contributed by atoms with E-state index in [0.717, 1.165) is 25.4 Å². The summed E-state index contributed by atoms with van der Waals surface area (Å²) >= 11 is 5.14. The molecular formula is C14H10BrN3OS. The fourth-order valence-electron chi connectivity index (χ4n) is 1.87. The van der Waals surface area contributed by atoms with Crippen LogP contribution in [0, 0.1) is 6.92 Å². The fourth-order valence-corrected chi connectivity index (χ4v) is 3.40. The van der Waals surface area contributed by atoms with Crippen molar-refractivity contribution in [2.45, 2.75) is 6.92 Å². The van der Waals surface area contributed by atoms with Crippen molar-refractivity contribution in [3.05, 3.63) is 51.7 Å². The summed E-state index contributed by atoms with van der Waals surface area (Å²) in [4.78, 5) is 20.5. The Bertz CT molecular complexity index is 786. The Labute approximate surface area is 128 Å². The number of rotatable bonds is 2. The van der Waals surface area contributed by atoms with Crippen LogP contribution in [0.5, 0.6) is 0 Å². The maximum Gasteiger partial charge on any atom is 0.255 e. The minimum Gasteiger partial charge on any atom is -0.321 e. The summed E-state index contributed by atoms with van der Waals surface area (Å²) < 4.78 is 1.90. The highest BCUT2D eigenvalue weighted by atomic mass is 79.9. The third kappa shape index (κ3) is 2.44. The second-order valence-electron chi connectivity index (χ2n) is 4.20. The molecule has 4 nitrogen and oxygen atoms in total. The van der Waals surface area contributed by atoms with Crippen LogP contribution in [0.15, 0.2) is 41.1 Å². The van der Waals surface area contributed by atoms with Gasteiger partial charge in [-0.15, -0.1) is 11.3 Å². The number of nitrogens with zero attached hydrogens (tertiary/aromatic N) is 2. The Morgan fingerprint density at radius 1 is 1.25 bits per heavy atom. The molecule has 0 unspecified atom stereocenters. The third-order valence-electron chi connectivity index (χ3n) is 2.79. The number of amides is 1. The molecule has 0 saturated carbocycles. The van der Waals surface area contributed by atoms with E-state index in [1.807, 2.05) is 19.1 Å². The lowest BCUT2D eigenvalue weighted by Crippen LogP contribution is -2.12. The van der Waals surface area contributed by atoms with E-state index in [1.165, 1.54) is 0 Å². The molecule has 0 atom stereocenters. The Hall–Kier alpha value is -1.79. The smallest absolute Gasteiger partial charge is 0.255 e. The maximum absolute atomic E-state index is 12.1. The predicted molar refractivity (Wildman–Crippen MR) is 84.2 cm³/mol. The highest BCUT2D eigenvalue weighted by Crippen LogP contribution is 2.35. The largest absolute Gasteiger partial charge is 0.321 e. The second-order valence-corrected chi connectivity index (χ2v) is 6.19. The number of hydrogen-bond donors (Lipinski definition) is 1. The summed E-state index contributed by atoms with van der Waals surface area (Å²) in [5, 5.41) is 3.89. The molecule has 0 bridgehead atoms. The molecule has 100 valence electrons. The Balaban J connectivity index is 1.95. The number of nitrogens with one attached hydrogen (secondary N) is 1. The van der Waals surface area contributed by atoms with E-state index in [-0.39, 0.29) is 5.91 Å². The van der Waals surface area contributed by atoms with Crippen molar-refractivity contribution in [3.8, 4) is 0 Å². The molecule has 3 aromatic rings. The molecule has 1 amide bonds. The average Bonchev–Trinajstić information content (AvgIpc) is 2.84. The van der Waals surface area contributed by atoms with Gasteiger partial charge in [0.25, 0.3) is 5.91 Å². The average molecular weight is 348 g/mol.